The number of nitro groups is 1. The predicted octanol–water partition coefficient (Wildman–Crippen LogP) is 1.70. The predicted molar refractivity (Wildman–Crippen MR) is 55.5 cm³/mol. The van der Waals surface area contributed by atoms with Gasteiger partial charge in [-0.25, -0.2) is 0 Å². The second-order valence-electron chi connectivity index (χ2n) is 3.04. The maximum atomic E-state index is 10.4. The van der Waals surface area contributed by atoms with E-state index in [2.05, 4.69) is 0 Å². The van der Waals surface area contributed by atoms with Crippen molar-refractivity contribution < 1.29 is 4.92 Å². The van der Waals surface area contributed by atoms with Crippen LogP contribution in [0.5, 0.6) is 0 Å². The molecule has 0 radical (unpaired) electrons. The van der Waals surface area contributed by atoms with Crippen molar-refractivity contribution in [2.45, 2.75) is 12.5 Å². The van der Waals surface area contributed by atoms with E-state index in [1.54, 1.807) is 12.1 Å². The largest absolute Gasteiger partial charge is 0.326 e. The highest BCUT2D eigenvalue weighted by molar-refractivity contribution is 6.18. The highest BCUT2D eigenvalue weighted by Gasteiger charge is 2.06. The van der Waals surface area contributed by atoms with E-state index in [-0.39, 0.29) is 11.7 Å². The van der Waals surface area contributed by atoms with Crippen LogP contribution < -0.4 is 5.73 Å². The quantitative estimate of drug-likeness (QED) is 0.471. The van der Waals surface area contributed by atoms with Gasteiger partial charge in [-0.15, -0.1) is 11.6 Å². The number of nitrogens with zero attached hydrogens (tertiary/aromatic N) is 1. The molecule has 1 aromatic carbocycles. The smallest absolute Gasteiger partial charge is 0.269 e. The lowest BCUT2D eigenvalue weighted by atomic mass is 10.1. The number of halogens is 1. The minimum Gasteiger partial charge on any atom is -0.326 e. The topological polar surface area (TPSA) is 69.2 Å². The van der Waals surface area contributed by atoms with Crippen LogP contribution in [0.25, 0.3) is 0 Å². The highest BCUT2D eigenvalue weighted by atomic mass is 35.5. The molecular weight excluding hydrogens is 204 g/mol. The summed E-state index contributed by atoms with van der Waals surface area (Å²) in [7, 11) is 0. The number of hydrogen-bond donors (Lipinski definition) is 1. The Morgan fingerprint density at radius 1 is 1.43 bits per heavy atom. The van der Waals surface area contributed by atoms with Gasteiger partial charge in [0.1, 0.15) is 0 Å². The summed E-state index contributed by atoms with van der Waals surface area (Å²) in [5, 5.41) is 10.4. The lowest BCUT2D eigenvalue weighted by Gasteiger charge is -2.06. The molecule has 1 atom stereocenters. The minimum absolute atomic E-state index is 0.0909. The molecule has 1 aromatic rings. The molecule has 4 nitrogen and oxygen atoms in total. The van der Waals surface area contributed by atoms with Gasteiger partial charge in [0.25, 0.3) is 5.69 Å². The van der Waals surface area contributed by atoms with E-state index in [9.17, 15) is 10.1 Å². The second-order valence-corrected chi connectivity index (χ2v) is 3.35. The van der Waals surface area contributed by atoms with E-state index in [4.69, 9.17) is 17.3 Å². The Morgan fingerprint density at radius 3 is 2.43 bits per heavy atom. The van der Waals surface area contributed by atoms with E-state index in [0.717, 1.165) is 5.56 Å². The summed E-state index contributed by atoms with van der Waals surface area (Å²) in [4.78, 5) is 9.93. The molecule has 1 rings (SSSR count). The molecule has 0 aliphatic heterocycles. The molecule has 76 valence electrons. The van der Waals surface area contributed by atoms with E-state index >= 15 is 0 Å². The van der Waals surface area contributed by atoms with Gasteiger partial charge in [-0.1, -0.05) is 12.1 Å². The number of nitrogens with two attached hydrogens (primary N) is 1. The number of benzene rings is 1. The molecule has 0 aromatic heterocycles. The number of hydrogen-bond acceptors (Lipinski definition) is 3. The maximum Gasteiger partial charge on any atom is 0.269 e. The van der Waals surface area contributed by atoms with Crippen LogP contribution in [0.4, 0.5) is 5.69 Å². The Balaban J connectivity index is 2.68. The van der Waals surface area contributed by atoms with E-state index in [1.165, 1.54) is 12.1 Å². The zero-order chi connectivity index (χ0) is 10.6. The van der Waals surface area contributed by atoms with Crippen LogP contribution >= 0.6 is 11.6 Å². The molecular formula is C9H11ClN2O2. The first-order valence-corrected chi connectivity index (χ1v) is 4.72. The van der Waals surface area contributed by atoms with Gasteiger partial charge in [0, 0.05) is 24.1 Å². The third-order valence-corrected chi connectivity index (χ3v) is 2.24. The first-order valence-electron chi connectivity index (χ1n) is 4.18. The average Bonchev–Trinajstić information content (AvgIpc) is 2.18. The zero-order valence-electron chi connectivity index (χ0n) is 7.52. The molecule has 0 aliphatic carbocycles. The summed E-state index contributed by atoms with van der Waals surface area (Å²) in [6.45, 7) is 0. The molecule has 0 saturated heterocycles. The van der Waals surface area contributed by atoms with Crippen molar-refractivity contribution >= 4 is 17.3 Å². The molecule has 0 heterocycles. The van der Waals surface area contributed by atoms with Gasteiger partial charge in [-0.3, -0.25) is 10.1 Å². The Kier molecular flexibility index (Phi) is 3.85. The van der Waals surface area contributed by atoms with Crippen LogP contribution in [0.15, 0.2) is 24.3 Å². The van der Waals surface area contributed by atoms with Gasteiger partial charge >= 0.3 is 0 Å². The third-order valence-electron chi connectivity index (χ3n) is 1.84. The Morgan fingerprint density at radius 2 is 2.00 bits per heavy atom. The summed E-state index contributed by atoms with van der Waals surface area (Å²) in [6, 6.07) is 6.24. The van der Waals surface area contributed by atoms with E-state index in [0.29, 0.717) is 12.3 Å². The number of rotatable bonds is 4. The molecule has 0 saturated carbocycles. The van der Waals surface area contributed by atoms with Crippen molar-refractivity contribution in [1.82, 2.24) is 0 Å². The van der Waals surface area contributed by atoms with E-state index in [1.807, 2.05) is 0 Å². The molecule has 2 N–H and O–H groups in total. The van der Waals surface area contributed by atoms with Crippen LogP contribution in [-0.2, 0) is 6.42 Å². The average molecular weight is 215 g/mol. The van der Waals surface area contributed by atoms with Crippen LogP contribution in [-0.4, -0.2) is 16.8 Å². The standard InChI is InChI=1S/C9H11ClN2O2/c10-6-8(11)5-7-1-3-9(4-2-7)12(13)14/h1-4,8H,5-6,11H2/t8-/m0/s1. The molecule has 0 spiro atoms. The minimum atomic E-state index is -0.425. The first-order chi connectivity index (χ1) is 6.63. The first kappa shape index (κ1) is 10.9. The fourth-order valence-electron chi connectivity index (χ4n) is 1.11. The van der Waals surface area contributed by atoms with Crippen LogP contribution in [0.2, 0.25) is 0 Å². The van der Waals surface area contributed by atoms with Crippen molar-refractivity contribution in [3.8, 4) is 0 Å². The molecule has 0 bridgehead atoms. The zero-order valence-corrected chi connectivity index (χ0v) is 8.28. The van der Waals surface area contributed by atoms with Crippen LogP contribution in [0.3, 0.4) is 0 Å². The molecule has 5 heteroatoms. The van der Waals surface area contributed by atoms with Crippen molar-refractivity contribution in [2.75, 3.05) is 5.88 Å². The lowest BCUT2D eigenvalue weighted by molar-refractivity contribution is -0.384. The summed E-state index contributed by atoms with van der Waals surface area (Å²) < 4.78 is 0. The second kappa shape index (κ2) is 4.93. The van der Waals surface area contributed by atoms with Crippen molar-refractivity contribution in [3.63, 3.8) is 0 Å². The summed E-state index contributed by atoms with van der Waals surface area (Å²) in [6.07, 6.45) is 0.640. The summed E-state index contributed by atoms with van der Waals surface area (Å²) >= 11 is 5.55. The van der Waals surface area contributed by atoms with Gasteiger partial charge in [0.2, 0.25) is 0 Å². The lowest BCUT2D eigenvalue weighted by Crippen LogP contribution is -2.24. The van der Waals surface area contributed by atoms with Gasteiger partial charge in [0.05, 0.1) is 4.92 Å². The SMILES string of the molecule is N[C@H](CCl)Cc1ccc([N+](=O)[O-])cc1. The van der Waals surface area contributed by atoms with Gasteiger partial charge in [-0.2, -0.15) is 0 Å². The highest BCUT2D eigenvalue weighted by Crippen LogP contribution is 2.12. The van der Waals surface area contributed by atoms with Gasteiger partial charge in [-0.05, 0) is 12.0 Å². The fraction of sp³-hybridized carbons (Fsp3) is 0.333. The summed E-state index contributed by atoms with van der Waals surface area (Å²) in [5.74, 6) is 0.386. The maximum absolute atomic E-state index is 10.4. The van der Waals surface area contributed by atoms with Gasteiger partial charge < -0.3 is 5.73 Å². The molecule has 14 heavy (non-hydrogen) atoms. The fourth-order valence-corrected chi connectivity index (χ4v) is 1.22. The van der Waals surface area contributed by atoms with Crippen molar-refractivity contribution in [3.05, 3.63) is 39.9 Å². The normalized spacial score (nSPS) is 12.4. The number of alkyl halides is 1. The Labute approximate surface area is 86.8 Å². The molecule has 0 unspecified atom stereocenters. The van der Waals surface area contributed by atoms with Gasteiger partial charge in [0.15, 0.2) is 0 Å². The van der Waals surface area contributed by atoms with E-state index < -0.39 is 4.92 Å². The van der Waals surface area contributed by atoms with Crippen molar-refractivity contribution in [1.29, 1.82) is 0 Å². The Bertz CT molecular complexity index is 313. The van der Waals surface area contributed by atoms with Crippen molar-refractivity contribution in [2.24, 2.45) is 5.73 Å². The summed E-state index contributed by atoms with van der Waals surface area (Å²) in [5.41, 5.74) is 6.69. The van der Waals surface area contributed by atoms with Crippen LogP contribution in [0, 0.1) is 10.1 Å². The Hall–Kier alpha value is -1.13. The van der Waals surface area contributed by atoms with Crippen LogP contribution in [0.1, 0.15) is 5.56 Å². The number of nitro benzene ring substituents is 1. The molecule has 0 fully saturated rings. The number of non-ortho nitro benzene ring substituents is 1. The molecule has 0 amide bonds. The third kappa shape index (κ3) is 2.97. The monoisotopic (exact) mass is 214 g/mol. The molecule has 0 aliphatic rings.